The molecule has 2 aliphatic heterocycles. The lowest BCUT2D eigenvalue weighted by Crippen LogP contribution is -2.40. The molecule has 2 aromatic heterocycles. The maximum atomic E-state index is 5.13. The molecule has 2 unspecified atom stereocenters. The van der Waals surface area contributed by atoms with E-state index in [0.29, 0.717) is 12.1 Å². The second-order valence-electron chi connectivity index (χ2n) is 10.4. The molecule has 4 heterocycles. The van der Waals surface area contributed by atoms with Crippen LogP contribution in [0.4, 0.5) is 11.8 Å². The van der Waals surface area contributed by atoms with Gasteiger partial charge < -0.3 is 20.9 Å². The lowest BCUT2D eigenvalue weighted by Gasteiger charge is -2.29. The number of rotatable bonds is 7. The van der Waals surface area contributed by atoms with Gasteiger partial charge in [0.1, 0.15) is 5.82 Å². The molecule has 2 atom stereocenters. The van der Waals surface area contributed by atoms with Crippen LogP contribution in [-0.4, -0.2) is 51.9 Å². The summed E-state index contributed by atoms with van der Waals surface area (Å²) in [5.74, 6) is 1.96. The average Bonchev–Trinajstić information content (AvgIpc) is 3.49. The van der Waals surface area contributed by atoms with E-state index in [1.54, 1.807) is 0 Å². The lowest BCUT2D eigenvalue weighted by atomic mass is 10.1. The summed E-state index contributed by atoms with van der Waals surface area (Å²) in [6.07, 6.45) is 11.6. The Labute approximate surface area is 213 Å². The van der Waals surface area contributed by atoms with Crippen molar-refractivity contribution in [2.24, 2.45) is 0 Å². The number of aromatic amines is 1. The minimum Gasteiger partial charge on any atom is -0.356 e. The van der Waals surface area contributed by atoms with E-state index < -0.39 is 0 Å². The van der Waals surface area contributed by atoms with Crippen molar-refractivity contribution in [1.82, 2.24) is 30.8 Å². The van der Waals surface area contributed by atoms with Crippen molar-refractivity contribution < 1.29 is 0 Å². The molecule has 0 spiro atoms. The first-order valence-corrected chi connectivity index (χ1v) is 13.8. The Morgan fingerprint density at radius 2 is 1.78 bits per heavy atom. The van der Waals surface area contributed by atoms with E-state index in [0.717, 1.165) is 69.4 Å². The fourth-order valence-corrected chi connectivity index (χ4v) is 6.02. The zero-order chi connectivity index (χ0) is 24.2. The van der Waals surface area contributed by atoms with Crippen LogP contribution >= 0.6 is 0 Å². The summed E-state index contributed by atoms with van der Waals surface area (Å²) in [6, 6.07) is 11.1. The monoisotopic (exact) mass is 486 g/mol. The topological polar surface area (TPSA) is 93.8 Å². The van der Waals surface area contributed by atoms with Gasteiger partial charge in [-0.2, -0.15) is 10.1 Å². The summed E-state index contributed by atoms with van der Waals surface area (Å²) in [4.78, 5) is 12.7. The maximum Gasteiger partial charge on any atom is 0.225 e. The van der Waals surface area contributed by atoms with Crippen LogP contribution in [0.25, 0.3) is 11.3 Å². The van der Waals surface area contributed by atoms with Crippen LogP contribution in [0.3, 0.4) is 0 Å². The maximum absolute atomic E-state index is 5.13. The molecule has 0 bridgehead atoms. The fraction of sp³-hybridized carbons (Fsp3) is 0.536. The quantitative estimate of drug-likeness (QED) is 0.401. The number of H-pyrrole nitrogens is 1. The Morgan fingerprint density at radius 1 is 0.944 bits per heavy atom. The average molecular weight is 487 g/mol. The van der Waals surface area contributed by atoms with Crippen molar-refractivity contribution in [3.63, 3.8) is 0 Å². The van der Waals surface area contributed by atoms with Gasteiger partial charge in [0.2, 0.25) is 5.95 Å². The van der Waals surface area contributed by atoms with Gasteiger partial charge in [-0.05, 0) is 37.7 Å². The first-order valence-electron chi connectivity index (χ1n) is 13.8. The summed E-state index contributed by atoms with van der Waals surface area (Å²) >= 11 is 0. The fourth-order valence-electron chi connectivity index (χ4n) is 6.02. The molecule has 1 saturated carbocycles. The molecule has 8 heteroatoms. The molecule has 36 heavy (non-hydrogen) atoms. The van der Waals surface area contributed by atoms with Gasteiger partial charge in [0.05, 0.1) is 17.6 Å². The van der Waals surface area contributed by atoms with Gasteiger partial charge in [-0.1, -0.05) is 43.2 Å². The summed E-state index contributed by atoms with van der Waals surface area (Å²) in [6.45, 7) is 4.86. The van der Waals surface area contributed by atoms with E-state index in [2.05, 4.69) is 55.3 Å². The van der Waals surface area contributed by atoms with Crippen molar-refractivity contribution in [3.8, 4) is 11.3 Å². The Balaban J connectivity index is 1.17. The van der Waals surface area contributed by atoms with Crippen LogP contribution in [0.5, 0.6) is 0 Å². The molecule has 3 aliphatic rings. The molecule has 1 saturated heterocycles. The van der Waals surface area contributed by atoms with E-state index in [4.69, 9.17) is 9.97 Å². The van der Waals surface area contributed by atoms with Gasteiger partial charge in [0.15, 0.2) is 0 Å². The largest absolute Gasteiger partial charge is 0.356 e. The highest BCUT2D eigenvalue weighted by molar-refractivity contribution is 5.62. The van der Waals surface area contributed by atoms with Crippen LogP contribution in [0.2, 0.25) is 0 Å². The second kappa shape index (κ2) is 11.0. The summed E-state index contributed by atoms with van der Waals surface area (Å²) < 4.78 is 0. The number of hydrogen-bond donors (Lipinski definition) is 4. The molecular weight excluding hydrogens is 448 g/mol. The molecule has 0 amide bonds. The first kappa shape index (κ1) is 23.4. The Bertz CT molecular complexity index is 1140. The molecule has 0 radical (unpaired) electrons. The standard InChI is InChI=1S/C28H38N8/c1-2-7-16-36(15-6-1)27-22-19-29-14-13-23(22)32-28(34-27)33-25-12-8-11-24(25)30-17-21-18-31-35-26(21)20-9-4-3-5-10-20/h3-5,9-10,18,24-25,29-30H,1-2,6-8,11-17,19H2,(H,31,35)(H,32,33,34). The van der Waals surface area contributed by atoms with E-state index in [1.165, 1.54) is 54.5 Å². The van der Waals surface area contributed by atoms with E-state index in [1.807, 2.05) is 12.3 Å². The van der Waals surface area contributed by atoms with Crippen LogP contribution in [0, 0.1) is 0 Å². The lowest BCUT2D eigenvalue weighted by molar-refractivity contribution is 0.491. The van der Waals surface area contributed by atoms with E-state index >= 15 is 0 Å². The van der Waals surface area contributed by atoms with Crippen molar-refractivity contribution in [2.45, 2.75) is 76.5 Å². The van der Waals surface area contributed by atoms with Gasteiger partial charge in [0.25, 0.3) is 0 Å². The number of fused-ring (bicyclic) bond motifs is 1. The number of benzene rings is 1. The zero-order valence-corrected chi connectivity index (χ0v) is 21.1. The van der Waals surface area contributed by atoms with Gasteiger partial charge >= 0.3 is 0 Å². The number of hydrogen-bond acceptors (Lipinski definition) is 7. The van der Waals surface area contributed by atoms with Gasteiger partial charge in [0, 0.05) is 62.4 Å². The van der Waals surface area contributed by atoms with Gasteiger partial charge in [-0.15, -0.1) is 0 Å². The van der Waals surface area contributed by atoms with Gasteiger partial charge in [-0.25, -0.2) is 4.98 Å². The molecule has 2 fully saturated rings. The highest BCUT2D eigenvalue weighted by atomic mass is 15.2. The summed E-state index contributed by atoms with van der Waals surface area (Å²) in [5.41, 5.74) is 6.00. The predicted octanol–water partition coefficient (Wildman–Crippen LogP) is 4.02. The highest BCUT2D eigenvalue weighted by Crippen LogP contribution is 2.29. The Hall–Kier alpha value is -2.97. The third kappa shape index (κ3) is 5.11. The van der Waals surface area contributed by atoms with Crippen molar-refractivity contribution in [3.05, 3.63) is 53.3 Å². The third-order valence-electron chi connectivity index (χ3n) is 7.98. The Morgan fingerprint density at radius 3 is 2.64 bits per heavy atom. The normalized spacial score (nSPS) is 22.3. The molecule has 190 valence electrons. The number of nitrogens with one attached hydrogen (secondary N) is 4. The molecule has 1 aromatic carbocycles. The highest BCUT2D eigenvalue weighted by Gasteiger charge is 2.29. The number of anilines is 2. The summed E-state index contributed by atoms with van der Waals surface area (Å²) in [7, 11) is 0. The second-order valence-corrected chi connectivity index (χ2v) is 10.4. The smallest absolute Gasteiger partial charge is 0.225 e. The van der Waals surface area contributed by atoms with Crippen molar-refractivity contribution >= 4 is 11.8 Å². The molecule has 1 aliphatic carbocycles. The third-order valence-corrected chi connectivity index (χ3v) is 7.98. The minimum atomic E-state index is 0.328. The van der Waals surface area contributed by atoms with Crippen LogP contribution in [-0.2, 0) is 19.5 Å². The Kier molecular flexibility index (Phi) is 7.14. The summed E-state index contributed by atoms with van der Waals surface area (Å²) in [5, 5.41) is 18.6. The van der Waals surface area contributed by atoms with Crippen LogP contribution < -0.4 is 20.9 Å². The van der Waals surface area contributed by atoms with E-state index in [9.17, 15) is 0 Å². The van der Waals surface area contributed by atoms with Crippen LogP contribution in [0.1, 0.15) is 61.8 Å². The van der Waals surface area contributed by atoms with E-state index in [-0.39, 0.29) is 0 Å². The first-order chi connectivity index (χ1) is 17.8. The van der Waals surface area contributed by atoms with Crippen molar-refractivity contribution in [2.75, 3.05) is 29.9 Å². The molecule has 6 rings (SSSR count). The SMILES string of the molecule is c1ccc(-c2[nH]ncc2CNC2CCCC2Nc2nc3c(c(N4CCCCCC4)n2)CNCC3)cc1. The minimum absolute atomic E-state index is 0.328. The molecule has 4 N–H and O–H groups in total. The van der Waals surface area contributed by atoms with Crippen molar-refractivity contribution in [1.29, 1.82) is 0 Å². The number of nitrogens with zero attached hydrogens (tertiary/aromatic N) is 4. The molecule has 8 nitrogen and oxygen atoms in total. The zero-order valence-electron chi connectivity index (χ0n) is 21.1. The van der Waals surface area contributed by atoms with Gasteiger partial charge in [-0.3, -0.25) is 5.10 Å². The molecule has 3 aromatic rings. The number of aromatic nitrogens is 4. The molecular formula is C28H38N8. The van der Waals surface area contributed by atoms with Crippen LogP contribution in [0.15, 0.2) is 36.5 Å². The predicted molar refractivity (Wildman–Crippen MR) is 144 cm³/mol.